The molecule has 1 amide bonds. The Morgan fingerprint density at radius 2 is 2.14 bits per heavy atom. The second-order valence-corrected chi connectivity index (χ2v) is 7.26. The fourth-order valence-corrected chi connectivity index (χ4v) is 3.31. The Bertz CT molecular complexity index is 702. The molecule has 1 fully saturated rings. The van der Waals surface area contributed by atoms with Crippen molar-refractivity contribution in [3.63, 3.8) is 0 Å². The van der Waals surface area contributed by atoms with E-state index in [1.165, 1.54) is 11.0 Å². The fourth-order valence-electron chi connectivity index (χ4n) is 2.26. The molecule has 1 aliphatic heterocycles. The van der Waals surface area contributed by atoms with Crippen LogP contribution in [0.5, 0.6) is 0 Å². The molecule has 1 aromatic rings. The van der Waals surface area contributed by atoms with Crippen LogP contribution in [0.25, 0.3) is 6.08 Å². The summed E-state index contributed by atoms with van der Waals surface area (Å²) in [6, 6.07) is 3.19. The van der Waals surface area contributed by atoms with E-state index in [2.05, 4.69) is 0 Å². The van der Waals surface area contributed by atoms with Crippen molar-refractivity contribution in [1.29, 1.82) is 0 Å². The SMILES string of the molecule is O=C(O)N1CCCC(=Cc2cc(F)ccc2S(=O)(=O)Cl)C1. The van der Waals surface area contributed by atoms with Gasteiger partial charge < -0.3 is 10.0 Å². The van der Waals surface area contributed by atoms with Gasteiger partial charge >= 0.3 is 6.09 Å². The van der Waals surface area contributed by atoms with Crippen LogP contribution in [0.3, 0.4) is 0 Å². The van der Waals surface area contributed by atoms with Gasteiger partial charge in [-0.05, 0) is 36.6 Å². The zero-order chi connectivity index (χ0) is 15.6. The van der Waals surface area contributed by atoms with Crippen molar-refractivity contribution in [2.45, 2.75) is 17.7 Å². The van der Waals surface area contributed by atoms with Crippen molar-refractivity contribution in [3.8, 4) is 0 Å². The van der Waals surface area contributed by atoms with Gasteiger partial charge in [0.05, 0.1) is 4.90 Å². The Hall–Kier alpha value is -1.60. The lowest BCUT2D eigenvalue weighted by atomic mass is 10.0. The molecule has 0 atom stereocenters. The van der Waals surface area contributed by atoms with Gasteiger partial charge in [0.2, 0.25) is 0 Å². The van der Waals surface area contributed by atoms with Gasteiger partial charge in [-0.15, -0.1) is 0 Å². The lowest BCUT2D eigenvalue weighted by Crippen LogP contribution is -2.35. The zero-order valence-corrected chi connectivity index (χ0v) is 12.5. The summed E-state index contributed by atoms with van der Waals surface area (Å²) in [6.45, 7) is 0.601. The van der Waals surface area contributed by atoms with Crippen molar-refractivity contribution in [1.82, 2.24) is 4.90 Å². The molecule has 2 rings (SSSR count). The Labute approximate surface area is 126 Å². The van der Waals surface area contributed by atoms with Crippen LogP contribution in [-0.4, -0.2) is 37.6 Å². The first kappa shape index (κ1) is 15.8. The van der Waals surface area contributed by atoms with Gasteiger partial charge in [0, 0.05) is 23.8 Å². The van der Waals surface area contributed by atoms with Gasteiger partial charge in [-0.2, -0.15) is 0 Å². The minimum Gasteiger partial charge on any atom is -0.465 e. The zero-order valence-electron chi connectivity index (χ0n) is 10.9. The van der Waals surface area contributed by atoms with E-state index in [0.29, 0.717) is 19.4 Å². The van der Waals surface area contributed by atoms with E-state index in [4.69, 9.17) is 15.8 Å². The molecule has 0 saturated carbocycles. The van der Waals surface area contributed by atoms with E-state index in [-0.39, 0.29) is 17.0 Å². The molecule has 1 heterocycles. The quantitative estimate of drug-likeness (QED) is 0.844. The first-order valence-electron chi connectivity index (χ1n) is 6.19. The molecule has 1 N–H and O–H groups in total. The van der Waals surface area contributed by atoms with Crippen molar-refractivity contribution in [3.05, 3.63) is 35.2 Å². The molecule has 114 valence electrons. The number of hydrogen-bond acceptors (Lipinski definition) is 3. The van der Waals surface area contributed by atoms with Gasteiger partial charge in [-0.3, -0.25) is 0 Å². The molecular formula is C13H13ClFNO4S. The molecule has 0 aliphatic carbocycles. The number of amides is 1. The molecule has 1 saturated heterocycles. The number of rotatable bonds is 2. The maximum atomic E-state index is 13.3. The third-order valence-electron chi connectivity index (χ3n) is 3.18. The Kier molecular flexibility index (Phi) is 4.53. The number of hydrogen-bond donors (Lipinski definition) is 1. The minimum atomic E-state index is -4.00. The minimum absolute atomic E-state index is 0.132. The van der Waals surface area contributed by atoms with Crippen molar-refractivity contribution >= 4 is 31.9 Å². The highest BCUT2D eigenvalue weighted by Crippen LogP contribution is 2.26. The van der Waals surface area contributed by atoms with E-state index >= 15 is 0 Å². The van der Waals surface area contributed by atoms with Crippen LogP contribution in [0, 0.1) is 5.82 Å². The smallest absolute Gasteiger partial charge is 0.407 e. The summed E-state index contributed by atoms with van der Waals surface area (Å²) >= 11 is 0. The number of likely N-dealkylation sites (tertiary alicyclic amines) is 1. The molecule has 0 unspecified atom stereocenters. The predicted molar refractivity (Wildman–Crippen MR) is 76.2 cm³/mol. The van der Waals surface area contributed by atoms with Crippen LogP contribution >= 0.6 is 10.7 Å². The van der Waals surface area contributed by atoms with E-state index in [1.54, 1.807) is 0 Å². The number of nitrogens with zero attached hydrogens (tertiary/aromatic N) is 1. The van der Waals surface area contributed by atoms with Crippen LogP contribution in [0.2, 0.25) is 0 Å². The van der Waals surface area contributed by atoms with E-state index < -0.39 is 21.0 Å². The molecule has 21 heavy (non-hydrogen) atoms. The summed E-state index contributed by atoms with van der Waals surface area (Å²) in [5.74, 6) is -0.586. The summed E-state index contributed by atoms with van der Waals surface area (Å²) in [4.78, 5) is 12.0. The topological polar surface area (TPSA) is 74.7 Å². The maximum Gasteiger partial charge on any atom is 0.407 e. The summed E-state index contributed by atoms with van der Waals surface area (Å²) in [5, 5.41) is 8.97. The maximum absolute atomic E-state index is 13.3. The highest BCUT2D eigenvalue weighted by molar-refractivity contribution is 8.13. The standard InChI is InChI=1S/C13H13ClFNO4S/c14-21(19,20)12-4-3-11(15)7-10(12)6-9-2-1-5-16(8-9)13(17)18/h3-4,6-7H,1-2,5,8H2,(H,17,18). The monoisotopic (exact) mass is 333 g/mol. The first-order valence-corrected chi connectivity index (χ1v) is 8.50. The second kappa shape index (κ2) is 6.03. The average Bonchev–Trinajstić information content (AvgIpc) is 2.37. The van der Waals surface area contributed by atoms with Crippen LogP contribution in [-0.2, 0) is 9.05 Å². The lowest BCUT2D eigenvalue weighted by molar-refractivity contribution is 0.144. The van der Waals surface area contributed by atoms with Crippen LogP contribution in [0.1, 0.15) is 18.4 Å². The van der Waals surface area contributed by atoms with Crippen LogP contribution < -0.4 is 0 Å². The van der Waals surface area contributed by atoms with E-state index in [9.17, 15) is 17.6 Å². The van der Waals surface area contributed by atoms with Crippen LogP contribution in [0.4, 0.5) is 9.18 Å². The van der Waals surface area contributed by atoms with Crippen molar-refractivity contribution in [2.24, 2.45) is 0 Å². The highest BCUT2D eigenvalue weighted by atomic mass is 35.7. The van der Waals surface area contributed by atoms with Crippen LogP contribution in [0.15, 0.2) is 28.7 Å². The third-order valence-corrected chi connectivity index (χ3v) is 4.58. The van der Waals surface area contributed by atoms with Gasteiger partial charge in [0.25, 0.3) is 9.05 Å². The van der Waals surface area contributed by atoms with Gasteiger partial charge in [0.15, 0.2) is 0 Å². The summed E-state index contributed by atoms with van der Waals surface area (Å²) < 4.78 is 36.3. The van der Waals surface area contributed by atoms with Gasteiger partial charge in [0.1, 0.15) is 5.82 Å². The number of benzene rings is 1. The highest BCUT2D eigenvalue weighted by Gasteiger charge is 2.20. The number of halogens is 2. The average molecular weight is 334 g/mol. The molecule has 0 radical (unpaired) electrons. The summed E-state index contributed by atoms with van der Waals surface area (Å²) in [7, 11) is 1.33. The van der Waals surface area contributed by atoms with Gasteiger partial charge in [-0.25, -0.2) is 17.6 Å². The predicted octanol–water partition coefficient (Wildman–Crippen LogP) is 2.91. The Morgan fingerprint density at radius 3 is 2.76 bits per heavy atom. The molecule has 8 heteroatoms. The number of piperidine rings is 1. The molecular weight excluding hydrogens is 321 g/mol. The van der Waals surface area contributed by atoms with E-state index in [0.717, 1.165) is 23.8 Å². The molecule has 5 nitrogen and oxygen atoms in total. The lowest BCUT2D eigenvalue weighted by Gasteiger charge is -2.26. The molecule has 0 bridgehead atoms. The van der Waals surface area contributed by atoms with Gasteiger partial charge in [-0.1, -0.05) is 11.6 Å². The third kappa shape index (κ3) is 3.95. The van der Waals surface area contributed by atoms with Crippen molar-refractivity contribution in [2.75, 3.05) is 13.1 Å². The normalized spacial score (nSPS) is 18.0. The first-order chi connectivity index (χ1) is 9.77. The second-order valence-electron chi connectivity index (χ2n) is 4.73. The molecule has 1 aliphatic rings. The fraction of sp³-hybridized carbons (Fsp3) is 0.308. The molecule has 0 spiro atoms. The Balaban J connectivity index is 2.40. The molecule has 0 aromatic heterocycles. The number of carboxylic acid groups (broad SMARTS) is 1. The number of carbonyl (C=O) groups is 1. The summed E-state index contributed by atoms with van der Waals surface area (Å²) in [5.41, 5.74) is 0.850. The summed E-state index contributed by atoms with van der Waals surface area (Å²) in [6.07, 6.45) is 1.72. The molecule has 1 aromatic carbocycles. The van der Waals surface area contributed by atoms with E-state index in [1.807, 2.05) is 0 Å². The van der Waals surface area contributed by atoms with Crippen molar-refractivity contribution < 1.29 is 22.7 Å². The largest absolute Gasteiger partial charge is 0.465 e. The Morgan fingerprint density at radius 1 is 1.43 bits per heavy atom.